The Morgan fingerprint density at radius 2 is 2.06 bits per heavy atom. The van der Waals surface area contributed by atoms with E-state index in [0.717, 1.165) is 31.3 Å². The van der Waals surface area contributed by atoms with Crippen LogP contribution in [0.2, 0.25) is 0 Å². The third-order valence-electron chi connectivity index (χ3n) is 5.85. The lowest BCUT2D eigenvalue weighted by Gasteiger charge is -2.23. The van der Waals surface area contributed by atoms with Crippen molar-refractivity contribution in [3.8, 4) is 5.75 Å². The van der Waals surface area contributed by atoms with E-state index in [0.29, 0.717) is 26.1 Å². The van der Waals surface area contributed by atoms with Gasteiger partial charge in [0, 0.05) is 38.8 Å². The smallest absolute Gasteiger partial charge is 0.255 e. The number of fused-ring (bicyclic) bond motifs is 3. The van der Waals surface area contributed by atoms with Crippen LogP contribution in [0.1, 0.15) is 50.2 Å². The van der Waals surface area contributed by atoms with Gasteiger partial charge < -0.3 is 15.4 Å². The largest absolute Gasteiger partial charge is 0.491 e. The van der Waals surface area contributed by atoms with Crippen molar-refractivity contribution in [1.29, 1.82) is 0 Å². The van der Waals surface area contributed by atoms with Gasteiger partial charge in [-0.2, -0.15) is 0 Å². The Kier molecular flexibility index (Phi) is 9.98. The number of hydrogen-bond donors (Lipinski definition) is 2. The molecule has 2 N–H and O–H groups in total. The Morgan fingerprint density at radius 1 is 1.25 bits per heavy atom. The lowest BCUT2D eigenvalue weighted by molar-refractivity contribution is -0.123. The minimum atomic E-state index is -0.747. The molecular weight excluding hydrogens is 463 g/mol. The number of amides is 2. The number of nitrogens with zero attached hydrogens (tertiary/aromatic N) is 4. The zero-order valence-electron chi connectivity index (χ0n) is 21.6. The summed E-state index contributed by atoms with van der Waals surface area (Å²) >= 11 is 0. The molecule has 0 unspecified atom stereocenters. The van der Waals surface area contributed by atoms with E-state index in [1.165, 1.54) is 17.7 Å². The first-order valence-corrected chi connectivity index (χ1v) is 12.5. The molecule has 2 aromatic rings. The van der Waals surface area contributed by atoms with Crippen LogP contribution in [0.25, 0.3) is 0 Å². The van der Waals surface area contributed by atoms with E-state index < -0.39 is 17.8 Å². The number of carbonyl (C=O) groups excluding carboxylic acids is 2. The van der Waals surface area contributed by atoms with Crippen LogP contribution < -0.4 is 15.4 Å². The standard InChI is InChI=1S/C26H37FN6O3/c1-18(2)7-10-32-11-8-21-17-33(31-30-21)13-14-36-24-6-5-20(27)16-22(24)25(34)29-23(15-19(3)4)26(35)28-9-12-32/h5-7,16-17,19,23H,8-15H2,1-4H3,(H,28,35)(H,29,34)/t23-/m1/s1. The number of allylic oxidation sites excluding steroid dienone is 1. The average molecular weight is 501 g/mol. The van der Waals surface area contributed by atoms with E-state index in [9.17, 15) is 14.0 Å². The van der Waals surface area contributed by atoms with E-state index in [-0.39, 0.29) is 29.7 Å². The highest BCUT2D eigenvalue weighted by molar-refractivity contribution is 5.99. The quantitative estimate of drug-likeness (QED) is 0.626. The predicted octanol–water partition coefficient (Wildman–Crippen LogP) is 2.58. The van der Waals surface area contributed by atoms with Gasteiger partial charge in [-0.05, 0) is 44.4 Å². The van der Waals surface area contributed by atoms with Crippen LogP contribution in [0.15, 0.2) is 36.0 Å². The van der Waals surface area contributed by atoms with Crippen molar-refractivity contribution in [2.24, 2.45) is 5.92 Å². The molecule has 1 aliphatic heterocycles. The normalized spacial score (nSPS) is 18.3. The first kappa shape index (κ1) is 27.3. The number of aromatic nitrogens is 3. The van der Waals surface area contributed by atoms with Crippen LogP contribution >= 0.6 is 0 Å². The highest BCUT2D eigenvalue weighted by Gasteiger charge is 2.24. The summed E-state index contributed by atoms with van der Waals surface area (Å²) in [6, 6.07) is 3.05. The number of halogens is 1. The summed E-state index contributed by atoms with van der Waals surface area (Å²) < 4.78 is 21.5. The summed E-state index contributed by atoms with van der Waals surface area (Å²) in [6.07, 6.45) is 5.21. The maximum atomic E-state index is 14.0. The maximum Gasteiger partial charge on any atom is 0.255 e. The monoisotopic (exact) mass is 500 g/mol. The van der Waals surface area contributed by atoms with Crippen molar-refractivity contribution in [3.63, 3.8) is 0 Å². The first-order chi connectivity index (χ1) is 17.2. The molecule has 0 spiro atoms. The van der Waals surface area contributed by atoms with Gasteiger partial charge in [0.05, 0.1) is 17.8 Å². The molecule has 1 aromatic heterocycles. The molecule has 0 fully saturated rings. The van der Waals surface area contributed by atoms with Crippen LogP contribution in [-0.4, -0.2) is 70.5 Å². The molecule has 0 saturated heterocycles. The second-order valence-electron chi connectivity index (χ2n) is 9.74. The van der Waals surface area contributed by atoms with E-state index >= 15 is 0 Å². The summed E-state index contributed by atoms with van der Waals surface area (Å²) in [5.41, 5.74) is 2.13. The van der Waals surface area contributed by atoms with Gasteiger partial charge in [0.25, 0.3) is 5.91 Å². The number of hydrogen-bond acceptors (Lipinski definition) is 6. The van der Waals surface area contributed by atoms with E-state index in [1.54, 1.807) is 4.68 Å². The van der Waals surface area contributed by atoms with Gasteiger partial charge >= 0.3 is 0 Å². The van der Waals surface area contributed by atoms with Gasteiger partial charge in [-0.15, -0.1) is 5.10 Å². The van der Waals surface area contributed by atoms with Crippen LogP contribution in [0, 0.1) is 11.7 Å². The fourth-order valence-corrected chi connectivity index (χ4v) is 3.90. The van der Waals surface area contributed by atoms with Crippen molar-refractivity contribution < 1.29 is 18.7 Å². The third kappa shape index (κ3) is 8.44. The number of ether oxygens (including phenoxy) is 1. The summed E-state index contributed by atoms with van der Waals surface area (Å²) in [5.74, 6) is -0.964. The van der Waals surface area contributed by atoms with Crippen LogP contribution in [0.5, 0.6) is 5.75 Å². The fraction of sp³-hybridized carbons (Fsp3) is 0.538. The number of nitrogens with one attached hydrogen (secondary N) is 2. The molecule has 2 heterocycles. The molecule has 36 heavy (non-hydrogen) atoms. The second-order valence-corrected chi connectivity index (χ2v) is 9.74. The molecule has 0 aliphatic carbocycles. The van der Waals surface area contributed by atoms with E-state index in [2.05, 4.69) is 45.8 Å². The second kappa shape index (κ2) is 13.2. The zero-order valence-corrected chi connectivity index (χ0v) is 21.6. The van der Waals surface area contributed by atoms with E-state index in [4.69, 9.17) is 4.74 Å². The summed E-state index contributed by atoms with van der Waals surface area (Å²) in [5, 5.41) is 14.2. The van der Waals surface area contributed by atoms with Gasteiger partial charge in [-0.25, -0.2) is 9.07 Å². The Bertz CT molecular complexity index is 1060. The van der Waals surface area contributed by atoms with Gasteiger partial charge in [0.15, 0.2) is 0 Å². The molecule has 1 aliphatic rings. The zero-order chi connectivity index (χ0) is 26.1. The van der Waals surface area contributed by atoms with Crippen molar-refractivity contribution in [2.75, 3.05) is 32.8 Å². The van der Waals surface area contributed by atoms with Crippen molar-refractivity contribution in [1.82, 2.24) is 30.5 Å². The van der Waals surface area contributed by atoms with Crippen molar-refractivity contribution in [2.45, 2.75) is 53.1 Å². The molecule has 9 nitrogen and oxygen atoms in total. The SMILES string of the molecule is CC(C)=CCN1CCNC(=O)[C@@H](CC(C)C)NC(=O)c2cc(F)ccc2OCCn2cc(nn2)CC1. The Morgan fingerprint density at radius 3 is 2.81 bits per heavy atom. The topological polar surface area (TPSA) is 101 Å². The van der Waals surface area contributed by atoms with E-state index in [1.807, 2.05) is 20.0 Å². The van der Waals surface area contributed by atoms with Gasteiger partial charge in [-0.1, -0.05) is 30.7 Å². The Hall–Kier alpha value is -3.27. The summed E-state index contributed by atoms with van der Waals surface area (Å²) in [6.45, 7) is 11.3. The minimum absolute atomic E-state index is 0.0462. The molecule has 196 valence electrons. The summed E-state index contributed by atoms with van der Waals surface area (Å²) in [7, 11) is 0. The molecule has 0 saturated carbocycles. The Labute approximate surface area is 212 Å². The van der Waals surface area contributed by atoms with Gasteiger partial charge in [0.1, 0.15) is 24.2 Å². The van der Waals surface area contributed by atoms with Crippen molar-refractivity contribution >= 4 is 11.8 Å². The first-order valence-electron chi connectivity index (χ1n) is 12.5. The van der Waals surface area contributed by atoms with Crippen molar-refractivity contribution in [3.05, 3.63) is 53.1 Å². The molecule has 1 aromatic carbocycles. The molecular formula is C26H37FN6O3. The molecule has 2 bridgehead atoms. The molecule has 10 heteroatoms. The molecule has 1 atom stereocenters. The fourth-order valence-electron chi connectivity index (χ4n) is 3.90. The highest BCUT2D eigenvalue weighted by Crippen LogP contribution is 2.21. The number of carbonyl (C=O) groups is 2. The predicted molar refractivity (Wildman–Crippen MR) is 135 cm³/mol. The lowest BCUT2D eigenvalue weighted by Crippen LogP contribution is -2.49. The minimum Gasteiger partial charge on any atom is -0.491 e. The summed E-state index contributed by atoms with van der Waals surface area (Å²) in [4.78, 5) is 28.4. The van der Waals surface area contributed by atoms with Crippen LogP contribution in [0.3, 0.4) is 0 Å². The van der Waals surface area contributed by atoms with Crippen LogP contribution in [0.4, 0.5) is 4.39 Å². The third-order valence-corrected chi connectivity index (χ3v) is 5.85. The van der Waals surface area contributed by atoms with Crippen LogP contribution in [-0.2, 0) is 17.8 Å². The average Bonchev–Trinajstić information content (AvgIpc) is 3.27. The molecule has 3 rings (SSSR count). The van der Waals surface area contributed by atoms with Gasteiger partial charge in [0.2, 0.25) is 5.91 Å². The Balaban J connectivity index is 1.84. The molecule has 0 radical (unpaired) electrons. The number of rotatable bonds is 4. The maximum absolute atomic E-state index is 14.0. The lowest BCUT2D eigenvalue weighted by atomic mass is 10.0. The molecule has 2 amide bonds. The van der Waals surface area contributed by atoms with Gasteiger partial charge in [-0.3, -0.25) is 14.5 Å². The number of benzene rings is 1. The highest BCUT2D eigenvalue weighted by atomic mass is 19.1.